The number of carbonyl (C=O) groups excluding carboxylic acids is 2. The van der Waals surface area contributed by atoms with Gasteiger partial charge in [-0.2, -0.15) is 5.26 Å². The van der Waals surface area contributed by atoms with Crippen LogP contribution in [0.2, 0.25) is 5.02 Å². The van der Waals surface area contributed by atoms with E-state index in [0.29, 0.717) is 36.0 Å². The Bertz CT molecular complexity index is 1260. The zero-order valence-corrected chi connectivity index (χ0v) is 23.2. The highest BCUT2D eigenvalue weighted by atomic mass is 35.5. The molecule has 3 fully saturated rings. The Morgan fingerprint density at radius 2 is 1.95 bits per heavy atom. The molecule has 4 heterocycles. The molecule has 0 aromatic carbocycles. The molecule has 1 saturated carbocycles. The van der Waals surface area contributed by atoms with Crippen molar-refractivity contribution in [3.8, 4) is 11.9 Å². The minimum atomic E-state index is -1.35. The number of Topliss-reactive ketones (excluding diaryl/α,β-unsaturated/α-hetero) is 1. The van der Waals surface area contributed by atoms with Crippen molar-refractivity contribution in [3.63, 3.8) is 0 Å². The average Bonchev–Trinajstić information content (AvgIpc) is 3.15. The summed E-state index contributed by atoms with van der Waals surface area (Å²) < 4.78 is 6.16. The minimum absolute atomic E-state index is 0.0603. The first-order valence-corrected chi connectivity index (χ1v) is 13.9. The number of anilines is 2. The van der Waals surface area contributed by atoms with E-state index >= 15 is 0 Å². The lowest BCUT2D eigenvalue weighted by molar-refractivity contribution is -0.138. The van der Waals surface area contributed by atoms with E-state index in [0.717, 1.165) is 32.5 Å². The number of halogens is 1. The highest BCUT2D eigenvalue weighted by Crippen LogP contribution is 2.48. The predicted octanol–water partition coefficient (Wildman–Crippen LogP) is 4.06. The van der Waals surface area contributed by atoms with Crippen molar-refractivity contribution in [2.45, 2.75) is 63.1 Å². The van der Waals surface area contributed by atoms with Gasteiger partial charge in [-0.1, -0.05) is 25.4 Å². The summed E-state index contributed by atoms with van der Waals surface area (Å²) in [5, 5.41) is 9.27. The van der Waals surface area contributed by atoms with Crippen molar-refractivity contribution in [2.24, 2.45) is 5.92 Å². The molecule has 0 bridgehead atoms. The van der Waals surface area contributed by atoms with Gasteiger partial charge in [0.2, 0.25) is 5.88 Å². The van der Waals surface area contributed by atoms with Crippen molar-refractivity contribution in [1.82, 2.24) is 14.9 Å². The maximum absolute atomic E-state index is 13.6. The Hall–Kier alpha value is -2.87. The molecular formula is C27H31ClN6O3S. The monoisotopic (exact) mass is 554 g/mol. The molecule has 2 aromatic rings. The van der Waals surface area contributed by atoms with E-state index < -0.39 is 11.0 Å². The second-order valence-electron chi connectivity index (χ2n) is 10.5. The molecule has 11 heteroatoms. The first-order chi connectivity index (χ1) is 18.2. The molecule has 1 amide bonds. The van der Waals surface area contributed by atoms with Gasteiger partial charge in [-0.25, -0.2) is 9.97 Å². The van der Waals surface area contributed by atoms with Gasteiger partial charge in [-0.15, -0.1) is 12.6 Å². The molecule has 9 nitrogen and oxygen atoms in total. The molecule has 2 atom stereocenters. The van der Waals surface area contributed by atoms with Gasteiger partial charge in [-0.3, -0.25) is 14.5 Å². The number of piperidine rings is 1. The van der Waals surface area contributed by atoms with E-state index in [9.17, 15) is 9.59 Å². The number of likely N-dealkylation sites (tertiary alicyclic amines) is 1. The zero-order valence-electron chi connectivity index (χ0n) is 21.5. The van der Waals surface area contributed by atoms with Gasteiger partial charge in [0.15, 0.2) is 22.5 Å². The molecule has 2 aliphatic heterocycles. The van der Waals surface area contributed by atoms with Crippen LogP contribution >= 0.6 is 24.2 Å². The third kappa shape index (κ3) is 4.72. The van der Waals surface area contributed by atoms with Crippen LogP contribution < -0.4 is 14.5 Å². The number of carbonyl (C=O) groups is 2. The molecule has 5 rings (SSSR count). The number of hydrogen-bond donors (Lipinski definition) is 1. The van der Waals surface area contributed by atoms with Crippen molar-refractivity contribution < 1.29 is 14.3 Å². The SMILES string of the molecule is CC(C)CCN1CCC(Oc2ccc(N3C(S)N(c4cnc(C#N)c(Cl)c4)C(=O)C34CCC4=O)cn2)CC1. The first kappa shape index (κ1) is 26.7. The maximum Gasteiger partial charge on any atom is 0.263 e. The summed E-state index contributed by atoms with van der Waals surface area (Å²) in [6.45, 7) is 7.65. The summed E-state index contributed by atoms with van der Waals surface area (Å²) >= 11 is 10.9. The molecular weight excluding hydrogens is 524 g/mol. The smallest absolute Gasteiger partial charge is 0.263 e. The molecule has 2 unspecified atom stereocenters. The fourth-order valence-corrected chi connectivity index (χ4v) is 6.13. The van der Waals surface area contributed by atoms with Crippen LogP contribution in [0.4, 0.5) is 11.4 Å². The molecule has 0 radical (unpaired) electrons. The van der Waals surface area contributed by atoms with Crippen molar-refractivity contribution in [1.29, 1.82) is 5.26 Å². The number of rotatable bonds is 7. The molecule has 2 aromatic heterocycles. The van der Waals surface area contributed by atoms with Gasteiger partial charge in [0, 0.05) is 25.6 Å². The normalized spacial score (nSPS) is 24.3. The van der Waals surface area contributed by atoms with Gasteiger partial charge in [0.25, 0.3) is 5.91 Å². The number of hydrogen-bond acceptors (Lipinski definition) is 9. The van der Waals surface area contributed by atoms with Crippen LogP contribution in [-0.4, -0.2) is 63.3 Å². The molecule has 38 heavy (non-hydrogen) atoms. The molecule has 1 aliphatic carbocycles. The van der Waals surface area contributed by atoms with Crippen molar-refractivity contribution in [2.75, 3.05) is 29.4 Å². The van der Waals surface area contributed by atoms with Crippen molar-refractivity contribution in [3.05, 3.63) is 41.3 Å². The maximum atomic E-state index is 13.6. The summed E-state index contributed by atoms with van der Waals surface area (Å²) in [6.07, 6.45) is 6.94. The highest BCUT2D eigenvalue weighted by molar-refractivity contribution is 7.81. The van der Waals surface area contributed by atoms with Gasteiger partial charge in [0.1, 0.15) is 12.2 Å². The van der Waals surface area contributed by atoms with E-state index in [1.807, 2.05) is 12.1 Å². The van der Waals surface area contributed by atoms with E-state index in [1.165, 1.54) is 23.6 Å². The zero-order chi connectivity index (χ0) is 27.0. The molecule has 200 valence electrons. The van der Waals surface area contributed by atoms with E-state index in [-0.39, 0.29) is 28.5 Å². The standard InChI is InChI=1S/C27H31ClN6O3S/c1-17(2)6-10-32-11-7-20(8-12-32)37-24-4-3-18(15-31-24)34-26(38)33(25(36)27(34)9-5-23(27)35)19-13-21(28)22(14-29)30-16-19/h3-4,13,15-17,20,26,38H,5-12H2,1-2H3. The van der Waals surface area contributed by atoms with E-state index in [1.54, 1.807) is 17.2 Å². The number of ether oxygens (including phenoxy) is 1. The lowest BCUT2D eigenvalue weighted by Crippen LogP contribution is -2.63. The molecule has 3 aliphatic rings. The number of nitriles is 1. The Morgan fingerprint density at radius 1 is 1.21 bits per heavy atom. The third-order valence-electron chi connectivity index (χ3n) is 7.68. The largest absolute Gasteiger partial charge is 0.474 e. The van der Waals surface area contributed by atoms with Crippen LogP contribution in [0.25, 0.3) is 0 Å². The number of ketones is 1. The predicted molar refractivity (Wildman–Crippen MR) is 147 cm³/mol. The fraction of sp³-hybridized carbons (Fsp3) is 0.519. The Kier molecular flexibility index (Phi) is 7.54. The molecule has 1 spiro atoms. The van der Waals surface area contributed by atoms with Gasteiger partial charge in [-0.05, 0) is 50.3 Å². The quantitative estimate of drug-likeness (QED) is 0.404. The van der Waals surface area contributed by atoms with Gasteiger partial charge in [0.05, 0.1) is 28.8 Å². The number of pyridine rings is 2. The Morgan fingerprint density at radius 3 is 2.50 bits per heavy atom. The fourth-order valence-electron chi connectivity index (χ4n) is 5.36. The van der Waals surface area contributed by atoms with Crippen molar-refractivity contribution >= 4 is 47.3 Å². The van der Waals surface area contributed by atoms with Crippen LogP contribution in [0.3, 0.4) is 0 Å². The van der Waals surface area contributed by atoms with E-state index in [2.05, 4.69) is 28.7 Å². The molecule has 0 N–H and O–H groups in total. The van der Waals surface area contributed by atoms with Crippen LogP contribution in [0, 0.1) is 17.2 Å². The van der Waals surface area contributed by atoms with Crippen LogP contribution in [-0.2, 0) is 9.59 Å². The average molecular weight is 555 g/mol. The Labute approximate surface area is 233 Å². The topological polar surface area (TPSA) is 103 Å². The second-order valence-corrected chi connectivity index (χ2v) is 11.4. The van der Waals surface area contributed by atoms with Crippen LogP contribution in [0.1, 0.15) is 51.6 Å². The van der Waals surface area contributed by atoms with E-state index in [4.69, 9.17) is 34.2 Å². The third-order valence-corrected chi connectivity index (χ3v) is 8.43. The first-order valence-electron chi connectivity index (χ1n) is 13.0. The van der Waals surface area contributed by atoms with Gasteiger partial charge >= 0.3 is 0 Å². The number of nitrogens with zero attached hydrogens (tertiary/aromatic N) is 6. The minimum Gasteiger partial charge on any atom is -0.474 e. The number of amides is 1. The second kappa shape index (κ2) is 10.7. The summed E-state index contributed by atoms with van der Waals surface area (Å²) in [6, 6.07) is 7.01. The Balaban J connectivity index is 1.32. The summed E-state index contributed by atoms with van der Waals surface area (Å²) in [7, 11) is 0. The van der Waals surface area contributed by atoms with Gasteiger partial charge < -0.3 is 14.5 Å². The molecule has 2 saturated heterocycles. The van der Waals surface area contributed by atoms with Crippen LogP contribution in [0.5, 0.6) is 5.88 Å². The highest BCUT2D eigenvalue weighted by Gasteiger charge is 2.65. The van der Waals surface area contributed by atoms with Crippen LogP contribution in [0.15, 0.2) is 30.6 Å². The lowest BCUT2D eigenvalue weighted by atomic mass is 9.74. The lowest BCUT2D eigenvalue weighted by Gasteiger charge is -2.42. The summed E-state index contributed by atoms with van der Waals surface area (Å²) in [4.78, 5) is 40.7. The number of thiol groups is 1. The number of aromatic nitrogens is 2. The summed E-state index contributed by atoms with van der Waals surface area (Å²) in [5.41, 5.74) is -1.11. The summed E-state index contributed by atoms with van der Waals surface area (Å²) in [5.74, 6) is 0.668.